The molecule has 0 amide bonds. The van der Waals surface area contributed by atoms with E-state index in [1.54, 1.807) is 0 Å². The Labute approximate surface area is 129 Å². The fourth-order valence-corrected chi connectivity index (χ4v) is 2.64. The lowest BCUT2D eigenvalue weighted by Gasteiger charge is -2.21. The molecule has 0 bridgehead atoms. The highest BCUT2D eigenvalue weighted by atomic mass is 79.9. The molecule has 0 spiro atoms. The molecule has 6 heteroatoms. The summed E-state index contributed by atoms with van der Waals surface area (Å²) in [6.45, 7) is 9.12. The van der Waals surface area contributed by atoms with Gasteiger partial charge < -0.3 is 0 Å². The summed E-state index contributed by atoms with van der Waals surface area (Å²) in [5.74, 6) is 0. The van der Waals surface area contributed by atoms with Crippen molar-refractivity contribution in [2.75, 3.05) is 13.2 Å². The Bertz CT molecular complexity index is 230. The normalized spacial score (nSPS) is 12.8. The van der Waals surface area contributed by atoms with Gasteiger partial charge in [-0.25, -0.2) is 0 Å². The van der Waals surface area contributed by atoms with E-state index in [1.165, 1.54) is 0 Å². The highest BCUT2D eigenvalue weighted by molar-refractivity contribution is 9.10. The van der Waals surface area contributed by atoms with E-state index in [-0.39, 0.29) is 8.65 Å². The topological polar surface area (TPSA) is 35.5 Å². The fraction of sp³-hybridized carbons (Fsp3) is 1.00. The number of hydrogen-bond acceptors (Lipinski definition) is 3. The molecule has 0 fully saturated rings. The van der Waals surface area contributed by atoms with Crippen molar-refractivity contribution < 1.29 is 13.6 Å². The van der Waals surface area contributed by atoms with Gasteiger partial charge >= 0.3 is 8.25 Å². The molecular formula is C12H24Br2O3P+. The summed E-state index contributed by atoms with van der Waals surface area (Å²) in [5.41, 5.74) is 0. The first-order valence-corrected chi connectivity index (χ1v) is 9.13. The SMILES string of the molecule is CCC(Br)(CC)CO[P+](=O)OCC(Br)(CC)CC. The molecule has 108 valence electrons. The summed E-state index contributed by atoms with van der Waals surface area (Å²) < 4.78 is 22.1. The Morgan fingerprint density at radius 3 is 1.33 bits per heavy atom. The molecule has 0 aromatic heterocycles. The minimum atomic E-state index is -2.04. The van der Waals surface area contributed by atoms with Gasteiger partial charge in [-0.05, 0) is 25.7 Å². The molecule has 0 aliphatic rings. The van der Waals surface area contributed by atoms with Crippen molar-refractivity contribution in [3.63, 3.8) is 0 Å². The molecule has 18 heavy (non-hydrogen) atoms. The third-order valence-corrected chi connectivity index (χ3v) is 6.77. The molecule has 0 radical (unpaired) electrons. The van der Waals surface area contributed by atoms with E-state index in [0.29, 0.717) is 13.2 Å². The van der Waals surface area contributed by atoms with E-state index >= 15 is 0 Å². The fourth-order valence-electron chi connectivity index (χ4n) is 1.28. The predicted molar refractivity (Wildman–Crippen MR) is 84.0 cm³/mol. The molecule has 0 aliphatic carbocycles. The van der Waals surface area contributed by atoms with Crippen molar-refractivity contribution in [2.45, 2.75) is 62.0 Å². The smallest absolute Gasteiger partial charge is 0.118 e. The van der Waals surface area contributed by atoms with Gasteiger partial charge in [0.1, 0.15) is 13.2 Å². The highest BCUT2D eigenvalue weighted by Gasteiger charge is 2.33. The average Bonchev–Trinajstić information content (AvgIpc) is 2.42. The molecule has 0 heterocycles. The van der Waals surface area contributed by atoms with Gasteiger partial charge in [0.2, 0.25) is 0 Å². The van der Waals surface area contributed by atoms with Gasteiger partial charge in [-0.2, -0.15) is 0 Å². The largest absolute Gasteiger partial charge is 0.697 e. The molecule has 0 saturated carbocycles. The molecule has 0 N–H and O–H groups in total. The van der Waals surface area contributed by atoms with Crippen LogP contribution in [0.2, 0.25) is 0 Å². The monoisotopic (exact) mass is 405 g/mol. The maximum atomic E-state index is 11.7. The van der Waals surface area contributed by atoms with Crippen LogP contribution in [0.1, 0.15) is 53.4 Å². The quantitative estimate of drug-likeness (QED) is 0.350. The van der Waals surface area contributed by atoms with Crippen LogP contribution in [0.5, 0.6) is 0 Å². The maximum Gasteiger partial charge on any atom is 0.697 e. The van der Waals surface area contributed by atoms with Gasteiger partial charge in [0.15, 0.2) is 0 Å². The summed E-state index contributed by atoms with van der Waals surface area (Å²) in [5, 5.41) is 0. The average molecular weight is 407 g/mol. The van der Waals surface area contributed by atoms with Crippen LogP contribution >= 0.6 is 40.1 Å². The molecule has 0 atom stereocenters. The second-order valence-electron chi connectivity index (χ2n) is 4.49. The van der Waals surface area contributed by atoms with E-state index in [0.717, 1.165) is 25.7 Å². The van der Waals surface area contributed by atoms with E-state index in [9.17, 15) is 4.57 Å². The predicted octanol–water partition coefficient (Wildman–Crippen LogP) is 5.58. The molecule has 0 aliphatic heterocycles. The van der Waals surface area contributed by atoms with Gasteiger partial charge in [-0.1, -0.05) is 59.6 Å². The van der Waals surface area contributed by atoms with Crippen molar-refractivity contribution in [1.29, 1.82) is 0 Å². The summed E-state index contributed by atoms with van der Waals surface area (Å²) in [6, 6.07) is 0. The first-order valence-electron chi connectivity index (χ1n) is 6.45. The Morgan fingerprint density at radius 1 is 0.833 bits per heavy atom. The minimum Gasteiger partial charge on any atom is -0.118 e. The minimum absolute atomic E-state index is 0.0949. The standard InChI is InChI=1S/C12H24Br2O3P/c1-5-11(13,6-2)9-16-18(15)17-10-12(14,7-3)8-4/h5-10H2,1-4H3/q+1. The summed E-state index contributed by atoms with van der Waals surface area (Å²) in [7, 11) is -2.04. The Balaban J connectivity index is 4.06. The van der Waals surface area contributed by atoms with Crippen LogP contribution in [0.15, 0.2) is 0 Å². The summed E-state index contributed by atoms with van der Waals surface area (Å²) in [4.78, 5) is 0. The van der Waals surface area contributed by atoms with Gasteiger partial charge in [0.05, 0.1) is 8.65 Å². The number of alkyl halides is 2. The molecular weight excluding hydrogens is 383 g/mol. The Morgan fingerprint density at radius 2 is 1.11 bits per heavy atom. The van der Waals surface area contributed by atoms with Crippen molar-refractivity contribution in [3.8, 4) is 0 Å². The van der Waals surface area contributed by atoms with Crippen LogP contribution in [0.25, 0.3) is 0 Å². The molecule has 0 aromatic carbocycles. The maximum absolute atomic E-state index is 11.7. The third-order valence-electron chi connectivity index (χ3n) is 3.39. The Kier molecular flexibility index (Phi) is 9.51. The zero-order valence-electron chi connectivity index (χ0n) is 11.7. The van der Waals surface area contributed by atoms with Crippen LogP contribution in [0, 0.1) is 0 Å². The molecule has 0 saturated heterocycles. The van der Waals surface area contributed by atoms with Gasteiger partial charge in [0, 0.05) is 4.57 Å². The van der Waals surface area contributed by atoms with Crippen LogP contribution in [-0.4, -0.2) is 21.9 Å². The van der Waals surface area contributed by atoms with E-state index in [1.807, 2.05) is 0 Å². The number of rotatable bonds is 10. The summed E-state index contributed by atoms with van der Waals surface area (Å²) in [6.07, 6.45) is 3.72. The second kappa shape index (κ2) is 9.02. The lowest BCUT2D eigenvalue weighted by atomic mass is 10.1. The second-order valence-corrected chi connectivity index (χ2v) is 8.81. The van der Waals surface area contributed by atoms with Crippen LogP contribution in [0.4, 0.5) is 0 Å². The van der Waals surface area contributed by atoms with E-state index in [2.05, 4.69) is 59.6 Å². The zero-order valence-corrected chi connectivity index (χ0v) is 15.7. The first kappa shape index (κ1) is 19.0. The molecule has 0 rings (SSSR count). The third kappa shape index (κ3) is 6.95. The van der Waals surface area contributed by atoms with Crippen molar-refractivity contribution >= 4 is 40.1 Å². The zero-order chi connectivity index (χ0) is 14.2. The van der Waals surface area contributed by atoms with Crippen molar-refractivity contribution in [1.82, 2.24) is 0 Å². The number of halogens is 2. The molecule has 0 aromatic rings. The lowest BCUT2D eigenvalue weighted by molar-refractivity contribution is 0.190. The van der Waals surface area contributed by atoms with E-state index in [4.69, 9.17) is 9.05 Å². The van der Waals surface area contributed by atoms with E-state index < -0.39 is 8.25 Å². The van der Waals surface area contributed by atoms with Crippen molar-refractivity contribution in [2.24, 2.45) is 0 Å². The molecule has 0 unspecified atom stereocenters. The van der Waals surface area contributed by atoms with Gasteiger partial charge in [-0.3, -0.25) is 0 Å². The van der Waals surface area contributed by atoms with Crippen LogP contribution < -0.4 is 0 Å². The Hall–Kier alpha value is 0.980. The van der Waals surface area contributed by atoms with Crippen LogP contribution in [0.3, 0.4) is 0 Å². The van der Waals surface area contributed by atoms with Gasteiger partial charge in [0.25, 0.3) is 0 Å². The van der Waals surface area contributed by atoms with Gasteiger partial charge in [-0.15, -0.1) is 9.05 Å². The summed E-state index contributed by atoms with van der Waals surface area (Å²) >= 11 is 7.22. The lowest BCUT2D eigenvalue weighted by Crippen LogP contribution is -2.26. The molecule has 3 nitrogen and oxygen atoms in total. The first-order chi connectivity index (χ1) is 8.34. The highest BCUT2D eigenvalue weighted by Crippen LogP contribution is 2.35. The van der Waals surface area contributed by atoms with Crippen molar-refractivity contribution in [3.05, 3.63) is 0 Å². The van der Waals surface area contributed by atoms with Crippen LogP contribution in [-0.2, 0) is 13.6 Å². The number of hydrogen-bond donors (Lipinski definition) is 0.